The molecule has 2 atom stereocenters. The fourth-order valence-corrected chi connectivity index (χ4v) is 5.53. The van der Waals surface area contributed by atoms with Crippen molar-refractivity contribution in [2.75, 3.05) is 46.5 Å². The van der Waals surface area contributed by atoms with E-state index in [4.69, 9.17) is 14.2 Å². The van der Waals surface area contributed by atoms with Crippen LogP contribution in [0, 0.1) is 0 Å². The summed E-state index contributed by atoms with van der Waals surface area (Å²) in [5.41, 5.74) is 2.22. The third-order valence-corrected chi connectivity index (χ3v) is 7.57. The van der Waals surface area contributed by atoms with Crippen LogP contribution >= 0.6 is 11.3 Å². The third kappa shape index (κ3) is 7.32. The molecule has 4 rings (SSSR count). The average Bonchev–Trinajstić information content (AvgIpc) is 3.41. The molecule has 2 aromatic carbocycles. The van der Waals surface area contributed by atoms with Gasteiger partial charge in [-0.05, 0) is 47.7 Å². The molecule has 0 saturated heterocycles. The number of carbonyl (C=O) groups is 1. The lowest BCUT2D eigenvalue weighted by atomic mass is 10.0. The summed E-state index contributed by atoms with van der Waals surface area (Å²) in [5.74, 6) is 1.36. The van der Waals surface area contributed by atoms with E-state index in [1.54, 1.807) is 18.4 Å². The van der Waals surface area contributed by atoms with E-state index in [1.807, 2.05) is 71.3 Å². The lowest BCUT2D eigenvalue weighted by Crippen LogP contribution is -2.48. The van der Waals surface area contributed by atoms with Crippen LogP contribution in [-0.4, -0.2) is 73.4 Å². The first-order valence-electron chi connectivity index (χ1n) is 12.7. The molecule has 37 heavy (non-hydrogen) atoms. The van der Waals surface area contributed by atoms with Gasteiger partial charge in [0.05, 0.1) is 39.0 Å². The lowest BCUT2D eigenvalue weighted by Gasteiger charge is -2.37. The van der Waals surface area contributed by atoms with E-state index in [9.17, 15) is 9.90 Å². The van der Waals surface area contributed by atoms with Crippen LogP contribution in [0.4, 0.5) is 0 Å². The second kappa shape index (κ2) is 13.6. The Balaban J connectivity index is 1.35. The number of thiophene rings is 1. The highest BCUT2D eigenvalue weighted by Crippen LogP contribution is 2.35. The van der Waals surface area contributed by atoms with Crippen molar-refractivity contribution in [1.29, 1.82) is 0 Å². The van der Waals surface area contributed by atoms with Gasteiger partial charge in [-0.3, -0.25) is 9.69 Å². The second-order valence-electron chi connectivity index (χ2n) is 9.10. The molecule has 8 heteroatoms. The fraction of sp³-hybridized carbons (Fsp3) is 0.414. The average molecular weight is 525 g/mol. The number of amides is 1. The van der Waals surface area contributed by atoms with Crippen molar-refractivity contribution in [3.63, 3.8) is 0 Å². The number of ether oxygens (including phenoxy) is 3. The maximum absolute atomic E-state index is 13.5. The Hall–Kier alpha value is -2.91. The highest BCUT2D eigenvalue weighted by atomic mass is 32.1. The van der Waals surface area contributed by atoms with Gasteiger partial charge in [0.2, 0.25) is 5.91 Å². The number of hydrogen-bond donors (Lipinski definition) is 1. The zero-order valence-electron chi connectivity index (χ0n) is 21.5. The number of aliphatic hydroxyl groups is 1. The molecule has 1 aliphatic rings. The molecule has 3 aromatic rings. The summed E-state index contributed by atoms with van der Waals surface area (Å²) in [5, 5.41) is 12.6. The molecule has 0 saturated carbocycles. The number of methoxy groups -OCH3 is 1. The number of nitrogens with zero attached hydrogens (tertiary/aromatic N) is 2. The molecule has 2 heterocycles. The third-order valence-electron chi connectivity index (χ3n) is 6.58. The normalized spacial score (nSPS) is 15.9. The summed E-state index contributed by atoms with van der Waals surface area (Å²) < 4.78 is 17.3. The number of aliphatic hydroxyl groups excluding tert-OH is 1. The van der Waals surface area contributed by atoms with Gasteiger partial charge < -0.3 is 24.2 Å². The van der Waals surface area contributed by atoms with Crippen molar-refractivity contribution in [2.45, 2.75) is 32.1 Å². The summed E-state index contributed by atoms with van der Waals surface area (Å²) in [4.78, 5) is 18.7. The van der Waals surface area contributed by atoms with E-state index in [1.165, 1.54) is 4.88 Å². The van der Waals surface area contributed by atoms with Crippen LogP contribution < -0.4 is 9.47 Å². The second-order valence-corrected chi connectivity index (χ2v) is 10.1. The highest BCUT2D eigenvalue weighted by Gasteiger charge is 2.33. The number of para-hydroxylation sites is 2. The molecule has 0 radical (unpaired) electrons. The molecule has 1 N–H and O–H groups in total. The molecular formula is C29H36N2O5S. The smallest absolute Gasteiger partial charge is 0.237 e. The molecular weight excluding hydrogens is 488 g/mol. The predicted octanol–water partition coefficient (Wildman–Crippen LogP) is 4.16. The van der Waals surface area contributed by atoms with Crippen molar-refractivity contribution in [3.05, 3.63) is 82.0 Å². The summed E-state index contributed by atoms with van der Waals surface area (Å²) in [7, 11) is 1.62. The van der Waals surface area contributed by atoms with E-state index in [2.05, 4.69) is 11.4 Å². The Morgan fingerprint density at radius 3 is 2.65 bits per heavy atom. The van der Waals surface area contributed by atoms with Crippen molar-refractivity contribution in [3.8, 4) is 11.5 Å². The number of benzene rings is 2. The van der Waals surface area contributed by atoms with Gasteiger partial charge in [-0.15, -0.1) is 11.3 Å². The number of rotatable bonds is 13. The Morgan fingerprint density at radius 1 is 1.14 bits per heavy atom. The molecule has 0 bridgehead atoms. The molecule has 0 spiro atoms. The molecule has 0 unspecified atom stereocenters. The SMILES string of the molecule is CCN(CC(=O)N1CCc2sccc2[C@H]1COc1ccccc1OC)C[C@H](O)COCc1ccccc1. The highest BCUT2D eigenvalue weighted by molar-refractivity contribution is 7.10. The molecule has 198 valence electrons. The monoisotopic (exact) mass is 524 g/mol. The first kappa shape index (κ1) is 27.1. The minimum Gasteiger partial charge on any atom is -0.493 e. The van der Waals surface area contributed by atoms with E-state index >= 15 is 0 Å². The van der Waals surface area contributed by atoms with Crippen molar-refractivity contribution in [1.82, 2.24) is 9.80 Å². The van der Waals surface area contributed by atoms with E-state index in [0.717, 1.165) is 17.5 Å². The molecule has 0 fully saturated rings. The maximum Gasteiger partial charge on any atom is 0.237 e. The molecule has 7 nitrogen and oxygen atoms in total. The first-order chi connectivity index (χ1) is 18.1. The van der Waals surface area contributed by atoms with Crippen molar-refractivity contribution in [2.24, 2.45) is 0 Å². The van der Waals surface area contributed by atoms with Gasteiger partial charge >= 0.3 is 0 Å². The van der Waals surface area contributed by atoms with Gasteiger partial charge in [0, 0.05) is 18.0 Å². The van der Waals surface area contributed by atoms with Crippen LogP contribution in [0.15, 0.2) is 66.0 Å². The van der Waals surface area contributed by atoms with E-state index < -0.39 is 6.10 Å². The van der Waals surface area contributed by atoms with Crippen LogP contribution in [0.5, 0.6) is 11.5 Å². The van der Waals surface area contributed by atoms with E-state index in [-0.39, 0.29) is 25.1 Å². The zero-order chi connectivity index (χ0) is 26.0. The van der Waals surface area contributed by atoms with Crippen molar-refractivity contribution >= 4 is 17.2 Å². The lowest BCUT2D eigenvalue weighted by molar-refractivity contribution is -0.136. The maximum atomic E-state index is 13.5. The fourth-order valence-electron chi connectivity index (χ4n) is 4.61. The van der Waals surface area contributed by atoms with Gasteiger partial charge in [-0.1, -0.05) is 49.4 Å². The van der Waals surface area contributed by atoms with E-state index in [0.29, 0.717) is 44.3 Å². The summed E-state index contributed by atoms with van der Waals surface area (Å²) in [6, 6.07) is 19.4. The van der Waals surface area contributed by atoms with Gasteiger partial charge in [-0.2, -0.15) is 0 Å². The summed E-state index contributed by atoms with van der Waals surface area (Å²) in [6.07, 6.45) is 0.164. The number of fused-ring (bicyclic) bond motifs is 1. The minimum absolute atomic E-state index is 0.0322. The largest absolute Gasteiger partial charge is 0.493 e. The Labute approximate surface area is 223 Å². The molecule has 1 aromatic heterocycles. The Kier molecular flexibility index (Phi) is 9.96. The van der Waals surface area contributed by atoms with Gasteiger partial charge in [0.25, 0.3) is 0 Å². The molecule has 1 amide bonds. The molecule has 0 aliphatic carbocycles. The number of carbonyl (C=O) groups excluding carboxylic acids is 1. The topological polar surface area (TPSA) is 71.5 Å². The summed E-state index contributed by atoms with van der Waals surface area (Å²) in [6.45, 7) is 4.92. The van der Waals surface area contributed by atoms with Crippen LogP contribution in [0.1, 0.15) is 29.0 Å². The Bertz CT molecular complexity index is 1120. The van der Waals surface area contributed by atoms with Gasteiger partial charge in [0.1, 0.15) is 6.61 Å². The van der Waals surface area contributed by atoms with Crippen LogP contribution in [0.2, 0.25) is 0 Å². The molecule has 1 aliphatic heterocycles. The predicted molar refractivity (Wildman–Crippen MR) is 145 cm³/mol. The quantitative estimate of drug-likeness (QED) is 0.362. The number of hydrogen-bond acceptors (Lipinski definition) is 7. The standard InChI is InChI=1S/C29H36N2O5S/c1-3-30(17-23(32)20-35-19-22-9-5-4-6-10-22)18-29(33)31-15-13-28-24(14-16-37-28)25(31)21-36-27-12-8-7-11-26(27)34-2/h4-12,14,16,23,25,32H,3,13,15,17-21H2,1-2H3/t23-,25+/m0/s1. The summed E-state index contributed by atoms with van der Waals surface area (Å²) >= 11 is 1.73. The van der Waals surface area contributed by atoms with Crippen LogP contribution in [0.25, 0.3) is 0 Å². The first-order valence-corrected chi connectivity index (χ1v) is 13.6. The van der Waals surface area contributed by atoms with Gasteiger partial charge in [0.15, 0.2) is 11.5 Å². The zero-order valence-corrected chi connectivity index (χ0v) is 22.4. The minimum atomic E-state index is -0.675. The van der Waals surface area contributed by atoms with Crippen LogP contribution in [-0.2, 0) is 22.6 Å². The number of likely N-dealkylation sites (N-methyl/N-ethyl adjacent to an activating group) is 1. The van der Waals surface area contributed by atoms with Gasteiger partial charge in [-0.25, -0.2) is 0 Å². The van der Waals surface area contributed by atoms with Crippen molar-refractivity contribution < 1.29 is 24.1 Å². The Morgan fingerprint density at radius 2 is 1.89 bits per heavy atom. The van der Waals surface area contributed by atoms with Crippen LogP contribution in [0.3, 0.4) is 0 Å².